The van der Waals surface area contributed by atoms with Crippen molar-refractivity contribution in [3.63, 3.8) is 0 Å². The summed E-state index contributed by atoms with van der Waals surface area (Å²) in [7, 11) is -3.54. The molecule has 1 amide bonds. The number of hydrogen-bond acceptors (Lipinski definition) is 5. The van der Waals surface area contributed by atoms with Gasteiger partial charge in [0.1, 0.15) is 18.0 Å². The number of halogens is 2. The fraction of sp³-hybridized carbons (Fsp3) is 0.462. The number of carbonyl (C=O) groups excluding carboxylic acids is 1. The smallest absolute Gasteiger partial charge is 0.253 e. The van der Waals surface area contributed by atoms with Crippen molar-refractivity contribution in [1.82, 2.24) is 20.3 Å². The maximum absolute atomic E-state index is 14.1. The van der Waals surface area contributed by atoms with E-state index in [0.717, 1.165) is 11.1 Å². The van der Waals surface area contributed by atoms with Crippen LogP contribution in [0, 0.1) is 0 Å². The molecule has 3 aromatic rings. The van der Waals surface area contributed by atoms with Gasteiger partial charge in [-0.25, -0.2) is 13.6 Å². The molecule has 1 fully saturated rings. The van der Waals surface area contributed by atoms with E-state index in [-0.39, 0.29) is 18.1 Å². The third-order valence-electron chi connectivity index (χ3n) is 6.80. The van der Waals surface area contributed by atoms with E-state index in [2.05, 4.69) is 15.4 Å². The second kappa shape index (κ2) is 10.8. The van der Waals surface area contributed by atoms with Crippen LogP contribution in [0.3, 0.4) is 0 Å². The van der Waals surface area contributed by atoms with Gasteiger partial charge in [-0.15, -0.1) is 5.10 Å². The van der Waals surface area contributed by atoms with Gasteiger partial charge in [-0.05, 0) is 62.6 Å². The molecule has 200 valence electrons. The highest BCUT2D eigenvalue weighted by Gasteiger charge is 2.48. The van der Waals surface area contributed by atoms with Gasteiger partial charge in [-0.1, -0.05) is 54.4 Å². The van der Waals surface area contributed by atoms with Crippen molar-refractivity contribution in [1.29, 1.82) is 0 Å². The standard InChI is InChI=1S/C26H32Cl2N4O4S/c1-5-20(15-37(34,35)26(2,3)4)32-23(16-9-11-18(27)12-10-16)24(17-7-6-8-19(28)13-17)36-21(25(32)33)14-22-29-31-30-22/h6-13,20-21,23-24,31H,5,14-15H2,1-4H3,(H,29,30)/t20-,21+,23+,24+/m0/s1. The third-order valence-corrected chi connectivity index (χ3v) is 9.97. The lowest BCUT2D eigenvalue weighted by atomic mass is 9.89. The Labute approximate surface area is 227 Å². The van der Waals surface area contributed by atoms with Gasteiger partial charge >= 0.3 is 0 Å². The highest BCUT2D eigenvalue weighted by Crippen LogP contribution is 2.45. The number of benzene rings is 2. The molecule has 4 atom stereocenters. The number of rotatable bonds is 8. The molecule has 1 saturated heterocycles. The van der Waals surface area contributed by atoms with Crippen molar-refractivity contribution in [2.24, 2.45) is 0 Å². The molecule has 0 unspecified atom stereocenters. The second-order valence-electron chi connectivity index (χ2n) is 10.3. The molecule has 1 aliphatic heterocycles. The number of H-pyrrole nitrogens is 2. The van der Waals surface area contributed by atoms with Gasteiger partial charge in [-0.2, -0.15) is 0 Å². The third kappa shape index (κ3) is 5.90. The number of amides is 1. The molecule has 4 rings (SSSR count). The summed E-state index contributed by atoms with van der Waals surface area (Å²) in [6, 6.07) is 13.3. The minimum atomic E-state index is -3.54. The number of ether oxygens (including phenoxy) is 1. The first-order valence-electron chi connectivity index (χ1n) is 12.2. The SMILES string of the molecule is CC[C@@H](CS(=O)(=O)C(C)(C)C)N1C(=O)[C@@H](Cc2n[nH][nH]2)O[C@H](c2cccc(Cl)c2)[C@H]1c1ccc(Cl)cc1. The van der Waals surface area contributed by atoms with Crippen molar-refractivity contribution in [2.45, 2.75) is 69.6 Å². The second-order valence-corrected chi connectivity index (χ2v) is 14.0. The van der Waals surface area contributed by atoms with E-state index in [0.29, 0.717) is 22.3 Å². The number of nitrogens with zero attached hydrogens (tertiary/aromatic N) is 2. The number of aromatic nitrogens is 3. The quantitative estimate of drug-likeness (QED) is 0.385. The zero-order chi connectivity index (χ0) is 27.0. The van der Waals surface area contributed by atoms with E-state index >= 15 is 0 Å². The first-order chi connectivity index (χ1) is 17.4. The van der Waals surface area contributed by atoms with Crippen LogP contribution in [-0.4, -0.2) is 57.3 Å². The Hall–Kier alpha value is -2.33. The molecule has 8 nitrogen and oxygen atoms in total. The average molecular weight is 568 g/mol. The van der Waals surface area contributed by atoms with E-state index in [1.807, 2.05) is 37.3 Å². The summed E-state index contributed by atoms with van der Waals surface area (Å²) in [5.74, 6) is 0.132. The monoisotopic (exact) mass is 566 g/mol. The first-order valence-corrected chi connectivity index (χ1v) is 14.6. The number of sulfone groups is 1. The Morgan fingerprint density at radius 2 is 1.76 bits per heavy atom. The van der Waals surface area contributed by atoms with Crippen molar-refractivity contribution >= 4 is 38.9 Å². The van der Waals surface area contributed by atoms with Crippen molar-refractivity contribution in [3.8, 4) is 0 Å². The van der Waals surface area contributed by atoms with Crippen LogP contribution in [0.5, 0.6) is 0 Å². The highest BCUT2D eigenvalue weighted by molar-refractivity contribution is 7.92. The number of morpholine rings is 1. The van der Waals surface area contributed by atoms with Gasteiger partial charge in [0, 0.05) is 22.5 Å². The zero-order valence-corrected chi connectivity index (χ0v) is 23.6. The van der Waals surface area contributed by atoms with Crippen LogP contribution < -0.4 is 0 Å². The maximum atomic E-state index is 14.1. The van der Waals surface area contributed by atoms with Gasteiger partial charge in [0.05, 0.1) is 16.5 Å². The fourth-order valence-corrected chi connectivity index (χ4v) is 6.27. The van der Waals surface area contributed by atoms with Gasteiger partial charge in [0.15, 0.2) is 9.84 Å². The predicted octanol–water partition coefficient (Wildman–Crippen LogP) is 5.29. The summed E-state index contributed by atoms with van der Waals surface area (Å²) < 4.78 is 32.2. The van der Waals surface area contributed by atoms with Crippen LogP contribution in [0.15, 0.2) is 48.5 Å². The summed E-state index contributed by atoms with van der Waals surface area (Å²) in [6.07, 6.45) is -0.814. The lowest BCUT2D eigenvalue weighted by molar-refractivity contribution is -0.178. The molecule has 11 heteroatoms. The zero-order valence-electron chi connectivity index (χ0n) is 21.2. The first kappa shape index (κ1) is 27.7. The molecule has 1 aliphatic rings. The number of hydrogen-bond donors (Lipinski definition) is 2. The summed E-state index contributed by atoms with van der Waals surface area (Å²) in [5, 5.41) is 10.6. The van der Waals surface area contributed by atoms with E-state index in [1.54, 1.807) is 43.9 Å². The van der Waals surface area contributed by atoms with Crippen LogP contribution in [0.2, 0.25) is 10.0 Å². The molecular weight excluding hydrogens is 535 g/mol. The van der Waals surface area contributed by atoms with Crippen LogP contribution in [-0.2, 0) is 25.8 Å². The van der Waals surface area contributed by atoms with Crippen molar-refractivity contribution < 1.29 is 17.9 Å². The lowest BCUT2D eigenvalue weighted by Gasteiger charge is -2.48. The summed E-state index contributed by atoms with van der Waals surface area (Å²) in [6.45, 7) is 6.93. The summed E-state index contributed by atoms with van der Waals surface area (Å²) in [5.41, 5.74) is 1.57. The van der Waals surface area contributed by atoms with Crippen molar-refractivity contribution in [3.05, 3.63) is 75.5 Å². The predicted molar refractivity (Wildman–Crippen MR) is 144 cm³/mol. The molecule has 0 saturated carbocycles. The molecule has 2 N–H and O–H groups in total. The number of aromatic amines is 2. The Bertz CT molecular complexity index is 1320. The van der Waals surface area contributed by atoms with E-state index in [1.165, 1.54) is 0 Å². The van der Waals surface area contributed by atoms with Crippen LogP contribution >= 0.6 is 23.2 Å². The molecule has 37 heavy (non-hydrogen) atoms. The van der Waals surface area contributed by atoms with Crippen LogP contribution in [0.4, 0.5) is 0 Å². The van der Waals surface area contributed by atoms with Crippen LogP contribution in [0.25, 0.3) is 0 Å². The normalized spacial score (nSPS) is 21.8. The molecular formula is C26H32Cl2N4O4S. The Morgan fingerprint density at radius 3 is 2.30 bits per heavy atom. The van der Waals surface area contributed by atoms with Gasteiger partial charge in [0.2, 0.25) is 0 Å². The maximum Gasteiger partial charge on any atom is 0.253 e. The van der Waals surface area contributed by atoms with E-state index in [9.17, 15) is 13.2 Å². The average Bonchev–Trinajstić information content (AvgIpc) is 2.80. The molecule has 0 radical (unpaired) electrons. The molecule has 0 spiro atoms. The minimum Gasteiger partial charge on any atom is -0.357 e. The van der Waals surface area contributed by atoms with Crippen molar-refractivity contribution in [2.75, 3.05) is 5.75 Å². The Morgan fingerprint density at radius 1 is 1.08 bits per heavy atom. The Balaban J connectivity index is 1.86. The summed E-state index contributed by atoms with van der Waals surface area (Å²) >= 11 is 12.5. The number of nitrogens with one attached hydrogen (secondary N) is 2. The molecule has 2 heterocycles. The van der Waals surface area contributed by atoms with E-state index in [4.69, 9.17) is 27.9 Å². The summed E-state index contributed by atoms with van der Waals surface area (Å²) in [4.78, 5) is 15.8. The topological polar surface area (TPSA) is 108 Å². The molecule has 0 bridgehead atoms. The van der Waals surface area contributed by atoms with E-state index < -0.39 is 38.9 Å². The largest absolute Gasteiger partial charge is 0.357 e. The molecule has 0 aliphatic carbocycles. The fourth-order valence-electron chi connectivity index (χ4n) is 4.55. The lowest BCUT2D eigenvalue weighted by Crippen LogP contribution is -2.57. The highest BCUT2D eigenvalue weighted by atomic mass is 35.5. The number of carbonyl (C=O) groups is 1. The van der Waals surface area contributed by atoms with Crippen LogP contribution in [0.1, 0.15) is 63.2 Å². The van der Waals surface area contributed by atoms with Gasteiger partial charge < -0.3 is 9.64 Å². The molecule has 2 aromatic carbocycles. The van der Waals surface area contributed by atoms with Gasteiger partial charge in [0.25, 0.3) is 5.91 Å². The Kier molecular flexibility index (Phi) is 8.09. The minimum absolute atomic E-state index is 0.168. The molecule has 1 aromatic heterocycles. The van der Waals surface area contributed by atoms with Gasteiger partial charge in [-0.3, -0.25) is 9.89 Å².